The normalized spacial score (nSPS) is 7.50. The second-order valence-electron chi connectivity index (χ2n) is 0.726. The third-order valence-electron chi connectivity index (χ3n) is 0.313. The zero-order chi connectivity index (χ0) is 4.83. The van der Waals surface area contributed by atoms with Gasteiger partial charge in [0.25, 0.3) is 0 Å². The Labute approximate surface area is 36.4 Å². The molecule has 0 radical (unpaired) electrons. The molecular weight excluding hydrogens is 83.0 g/mol. The lowest BCUT2D eigenvalue weighted by Gasteiger charge is -1.88. The average Bonchev–Trinajstić information content (AvgIpc) is 1.61. The van der Waals surface area contributed by atoms with Crippen molar-refractivity contribution in [3.8, 4) is 0 Å². The van der Waals surface area contributed by atoms with E-state index in [2.05, 4.69) is 11.3 Å². The van der Waals surface area contributed by atoms with E-state index in [1.807, 2.05) is 0 Å². The quantitative estimate of drug-likeness (QED) is 0.372. The molecule has 0 aliphatic heterocycles. The summed E-state index contributed by atoms with van der Waals surface area (Å²) in [6, 6.07) is 0. The molecule has 0 fully saturated rings. The molecule has 0 amide bonds. The summed E-state index contributed by atoms with van der Waals surface area (Å²) in [5, 5.41) is 0. The molecule has 0 rings (SSSR count). The van der Waals surface area contributed by atoms with Gasteiger partial charge >= 0.3 is 0 Å². The molecule has 0 N–H and O–H groups in total. The SMILES string of the molecule is C=COCCF. The van der Waals surface area contributed by atoms with Gasteiger partial charge < -0.3 is 4.74 Å². The average molecular weight is 90.1 g/mol. The lowest BCUT2D eigenvalue weighted by Crippen LogP contribution is -1.85. The fraction of sp³-hybridized carbons (Fsp3) is 0.500. The van der Waals surface area contributed by atoms with Crippen LogP contribution in [-0.4, -0.2) is 13.3 Å². The monoisotopic (exact) mass is 90.0 g/mol. The zero-order valence-electron chi connectivity index (χ0n) is 3.48. The van der Waals surface area contributed by atoms with Crippen LogP contribution in [0.2, 0.25) is 0 Å². The topological polar surface area (TPSA) is 9.23 Å². The van der Waals surface area contributed by atoms with Crippen LogP contribution in [0.5, 0.6) is 0 Å². The smallest absolute Gasteiger partial charge is 0.123 e. The molecule has 1 nitrogen and oxygen atoms in total. The van der Waals surface area contributed by atoms with Crippen LogP contribution in [0.25, 0.3) is 0 Å². The second kappa shape index (κ2) is 4.47. The van der Waals surface area contributed by atoms with E-state index in [1.54, 1.807) is 0 Å². The van der Waals surface area contributed by atoms with Crippen LogP contribution in [0, 0.1) is 0 Å². The third-order valence-corrected chi connectivity index (χ3v) is 0.313. The highest BCUT2D eigenvalue weighted by Gasteiger charge is 1.72. The van der Waals surface area contributed by atoms with Gasteiger partial charge in [-0.1, -0.05) is 6.58 Å². The van der Waals surface area contributed by atoms with Crippen LogP contribution in [0.4, 0.5) is 4.39 Å². The fourth-order valence-electron chi connectivity index (χ4n) is 0.128. The van der Waals surface area contributed by atoms with Crippen LogP contribution in [0.1, 0.15) is 0 Å². The highest BCUT2D eigenvalue weighted by molar-refractivity contribution is 4.46. The minimum absolute atomic E-state index is 0.128. The standard InChI is InChI=1S/C4H7FO/c1-2-6-4-3-5/h2H,1,3-4H2. The number of halogens is 1. The molecule has 0 aromatic carbocycles. The number of alkyl halides is 1. The van der Waals surface area contributed by atoms with E-state index < -0.39 is 6.67 Å². The molecule has 0 aromatic rings. The first-order chi connectivity index (χ1) is 2.91. The van der Waals surface area contributed by atoms with Crippen LogP contribution in [-0.2, 0) is 4.74 Å². The molecule has 0 unspecified atom stereocenters. The minimum atomic E-state index is -0.438. The fourth-order valence-corrected chi connectivity index (χ4v) is 0.128. The van der Waals surface area contributed by atoms with Gasteiger partial charge in [0, 0.05) is 0 Å². The maximum absolute atomic E-state index is 11.0. The van der Waals surface area contributed by atoms with Crippen molar-refractivity contribution in [1.29, 1.82) is 0 Å². The van der Waals surface area contributed by atoms with E-state index >= 15 is 0 Å². The Balaban J connectivity index is 2.49. The van der Waals surface area contributed by atoms with Crippen molar-refractivity contribution in [1.82, 2.24) is 0 Å². The minimum Gasteiger partial charge on any atom is -0.499 e. The zero-order valence-corrected chi connectivity index (χ0v) is 3.48. The molecule has 0 saturated carbocycles. The summed E-state index contributed by atoms with van der Waals surface area (Å²) in [5.41, 5.74) is 0. The summed E-state index contributed by atoms with van der Waals surface area (Å²) in [4.78, 5) is 0. The first kappa shape index (κ1) is 5.47. The highest BCUT2D eigenvalue weighted by atomic mass is 19.1. The summed E-state index contributed by atoms with van der Waals surface area (Å²) >= 11 is 0. The summed E-state index contributed by atoms with van der Waals surface area (Å²) in [6.07, 6.45) is 1.22. The Kier molecular flexibility index (Phi) is 4.08. The van der Waals surface area contributed by atoms with Crippen molar-refractivity contribution in [2.75, 3.05) is 13.3 Å². The lowest BCUT2D eigenvalue weighted by molar-refractivity contribution is 0.219. The van der Waals surface area contributed by atoms with Crippen LogP contribution < -0.4 is 0 Å². The van der Waals surface area contributed by atoms with Gasteiger partial charge in [-0.15, -0.1) is 0 Å². The predicted octanol–water partition coefficient (Wildman–Crippen LogP) is 1.12. The molecule has 0 atom stereocenters. The highest BCUT2D eigenvalue weighted by Crippen LogP contribution is 1.71. The Bertz CT molecular complexity index is 36.5. The van der Waals surface area contributed by atoms with Crippen LogP contribution >= 0.6 is 0 Å². The Morgan fingerprint density at radius 2 is 2.50 bits per heavy atom. The molecule has 0 aromatic heterocycles. The molecule has 36 valence electrons. The number of ether oxygens (including phenoxy) is 1. The summed E-state index contributed by atoms with van der Waals surface area (Å²) in [5.74, 6) is 0. The molecule has 0 spiro atoms. The van der Waals surface area contributed by atoms with Crippen molar-refractivity contribution in [2.45, 2.75) is 0 Å². The van der Waals surface area contributed by atoms with Crippen LogP contribution in [0.15, 0.2) is 12.8 Å². The molecule has 2 heteroatoms. The Morgan fingerprint density at radius 1 is 1.83 bits per heavy atom. The van der Waals surface area contributed by atoms with E-state index in [1.165, 1.54) is 6.26 Å². The molecule has 0 bridgehead atoms. The van der Waals surface area contributed by atoms with Gasteiger partial charge in [0.1, 0.15) is 13.3 Å². The van der Waals surface area contributed by atoms with Crippen molar-refractivity contribution in [2.24, 2.45) is 0 Å². The van der Waals surface area contributed by atoms with Crippen molar-refractivity contribution >= 4 is 0 Å². The van der Waals surface area contributed by atoms with Gasteiger partial charge in [-0.3, -0.25) is 0 Å². The molecule has 0 aliphatic carbocycles. The van der Waals surface area contributed by atoms with E-state index in [-0.39, 0.29) is 6.61 Å². The Morgan fingerprint density at radius 3 is 2.67 bits per heavy atom. The van der Waals surface area contributed by atoms with E-state index in [0.29, 0.717) is 0 Å². The molecular formula is C4H7FO. The van der Waals surface area contributed by atoms with Gasteiger partial charge in [0.15, 0.2) is 0 Å². The first-order valence-electron chi connectivity index (χ1n) is 1.70. The van der Waals surface area contributed by atoms with Gasteiger partial charge in [0.2, 0.25) is 0 Å². The number of hydrogen-bond acceptors (Lipinski definition) is 1. The van der Waals surface area contributed by atoms with E-state index in [4.69, 9.17) is 0 Å². The second-order valence-corrected chi connectivity index (χ2v) is 0.726. The molecule has 6 heavy (non-hydrogen) atoms. The number of rotatable bonds is 3. The summed E-state index contributed by atoms with van der Waals surface area (Å²) in [6.45, 7) is 2.90. The van der Waals surface area contributed by atoms with E-state index in [9.17, 15) is 4.39 Å². The first-order valence-corrected chi connectivity index (χ1v) is 1.70. The van der Waals surface area contributed by atoms with Crippen LogP contribution in [0.3, 0.4) is 0 Å². The lowest BCUT2D eigenvalue weighted by atomic mass is 10.8. The van der Waals surface area contributed by atoms with Crippen molar-refractivity contribution in [3.05, 3.63) is 12.8 Å². The molecule has 0 saturated heterocycles. The van der Waals surface area contributed by atoms with Gasteiger partial charge in [-0.05, 0) is 0 Å². The largest absolute Gasteiger partial charge is 0.499 e. The van der Waals surface area contributed by atoms with E-state index in [0.717, 1.165) is 0 Å². The maximum Gasteiger partial charge on any atom is 0.123 e. The predicted molar refractivity (Wildman–Crippen MR) is 22.1 cm³/mol. The van der Waals surface area contributed by atoms with Crippen molar-refractivity contribution < 1.29 is 9.13 Å². The molecule has 0 aliphatic rings. The van der Waals surface area contributed by atoms with Crippen molar-refractivity contribution in [3.63, 3.8) is 0 Å². The Hall–Kier alpha value is -0.530. The summed E-state index contributed by atoms with van der Waals surface area (Å²) < 4.78 is 15.4. The maximum atomic E-state index is 11.0. The molecule has 0 heterocycles. The van der Waals surface area contributed by atoms with Gasteiger partial charge in [0.05, 0.1) is 6.26 Å². The number of hydrogen-bond donors (Lipinski definition) is 0. The van der Waals surface area contributed by atoms with Gasteiger partial charge in [-0.2, -0.15) is 0 Å². The van der Waals surface area contributed by atoms with Gasteiger partial charge in [-0.25, -0.2) is 4.39 Å². The third kappa shape index (κ3) is 3.47. The summed E-state index contributed by atoms with van der Waals surface area (Å²) in [7, 11) is 0.